The summed E-state index contributed by atoms with van der Waals surface area (Å²) >= 11 is 5.82. The number of benzene rings is 1. The van der Waals surface area contributed by atoms with Gasteiger partial charge in [-0.25, -0.2) is 9.18 Å². The molecule has 136 valence electrons. The van der Waals surface area contributed by atoms with Crippen molar-refractivity contribution in [2.45, 2.75) is 32.9 Å². The minimum Gasteiger partial charge on any atom is -0.444 e. The van der Waals surface area contributed by atoms with E-state index in [1.165, 1.54) is 12.1 Å². The number of carbonyl (C=O) groups is 1. The van der Waals surface area contributed by atoms with Gasteiger partial charge in [0, 0.05) is 38.3 Å². The summed E-state index contributed by atoms with van der Waals surface area (Å²) in [5, 5.41) is 3.53. The number of carbonyl (C=O) groups excluding carboxylic acids is 1. The molecule has 0 aliphatic heterocycles. The second-order valence-electron chi connectivity index (χ2n) is 6.41. The van der Waals surface area contributed by atoms with E-state index in [0.717, 1.165) is 5.56 Å². The van der Waals surface area contributed by atoms with E-state index in [-0.39, 0.29) is 11.9 Å². The third-order valence-electron chi connectivity index (χ3n) is 3.03. The molecule has 1 amide bonds. The second-order valence-corrected chi connectivity index (χ2v) is 6.85. The van der Waals surface area contributed by atoms with E-state index in [2.05, 4.69) is 5.32 Å². The summed E-state index contributed by atoms with van der Waals surface area (Å²) in [5.41, 5.74) is 0.203. The number of amides is 1. The predicted octanol–water partition coefficient (Wildman–Crippen LogP) is 3.45. The lowest BCUT2D eigenvalue weighted by molar-refractivity contribution is 0.0204. The number of hydrogen-bond acceptors (Lipinski definition) is 4. The standard InChI is InChI=1S/C17H26ClFN2O3/c1-17(2,3)24-16(22)21(7-8-23-4)6-5-20-12-13-9-14(18)11-15(19)10-13/h9-11,20H,5-8,12H2,1-4H3. The highest BCUT2D eigenvalue weighted by Gasteiger charge is 2.21. The number of nitrogens with one attached hydrogen (secondary N) is 1. The zero-order valence-electron chi connectivity index (χ0n) is 14.7. The van der Waals surface area contributed by atoms with Crippen molar-refractivity contribution in [3.05, 3.63) is 34.6 Å². The van der Waals surface area contributed by atoms with Crippen LogP contribution in [0.1, 0.15) is 26.3 Å². The smallest absolute Gasteiger partial charge is 0.410 e. The minimum absolute atomic E-state index is 0.363. The fraction of sp³-hybridized carbons (Fsp3) is 0.588. The van der Waals surface area contributed by atoms with Crippen molar-refractivity contribution >= 4 is 17.7 Å². The topological polar surface area (TPSA) is 50.8 Å². The van der Waals surface area contributed by atoms with Gasteiger partial charge in [0.1, 0.15) is 11.4 Å². The van der Waals surface area contributed by atoms with E-state index >= 15 is 0 Å². The number of rotatable bonds is 8. The number of halogens is 2. The zero-order chi connectivity index (χ0) is 18.2. The summed E-state index contributed by atoms with van der Waals surface area (Å²) in [5.74, 6) is -0.366. The average molecular weight is 361 g/mol. The van der Waals surface area contributed by atoms with Gasteiger partial charge in [0.05, 0.1) is 6.61 Å². The molecule has 24 heavy (non-hydrogen) atoms. The fourth-order valence-electron chi connectivity index (χ4n) is 1.98. The molecule has 0 radical (unpaired) electrons. The highest BCUT2D eigenvalue weighted by Crippen LogP contribution is 2.14. The molecular formula is C17H26ClFN2O3. The molecule has 0 heterocycles. The summed E-state index contributed by atoms with van der Waals surface area (Å²) in [6, 6.07) is 4.39. The summed E-state index contributed by atoms with van der Waals surface area (Å²) in [6.07, 6.45) is -0.379. The lowest BCUT2D eigenvalue weighted by Crippen LogP contribution is -2.42. The van der Waals surface area contributed by atoms with Crippen LogP contribution >= 0.6 is 11.6 Å². The number of ether oxygens (including phenoxy) is 2. The first-order valence-electron chi connectivity index (χ1n) is 7.84. The SMILES string of the molecule is COCCN(CCNCc1cc(F)cc(Cl)c1)C(=O)OC(C)(C)C. The van der Waals surface area contributed by atoms with Crippen molar-refractivity contribution in [1.29, 1.82) is 0 Å². The molecule has 1 aromatic rings. The van der Waals surface area contributed by atoms with E-state index in [1.807, 2.05) is 20.8 Å². The van der Waals surface area contributed by atoms with Gasteiger partial charge in [-0.1, -0.05) is 11.6 Å². The summed E-state index contributed by atoms with van der Waals surface area (Å²) < 4.78 is 23.7. The Hall–Kier alpha value is -1.37. The molecule has 0 unspecified atom stereocenters. The predicted molar refractivity (Wildman–Crippen MR) is 92.8 cm³/mol. The molecule has 1 aromatic carbocycles. The largest absolute Gasteiger partial charge is 0.444 e. The summed E-state index contributed by atoms with van der Waals surface area (Å²) in [4.78, 5) is 13.8. The molecule has 1 rings (SSSR count). The van der Waals surface area contributed by atoms with Crippen LogP contribution in [0.25, 0.3) is 0 Å². The second kappa shape index (κ2) is 9.81. The molecule has 7 heteroatoms. The Morgan fingerprint density at radius 3 is 2.58 bits per heavy atom. The molecule has 0 fully saturated rings. The lowest BCUT2D eigenvalue weighted by Gasteiger charge is -2.27. The van der Waals surface area contributed by atoms with Crippen molar-refractivity contribution in [2.24, 2.45) is 0 Å². The Bertz CT molecular complexity index is 515. The maximum Gasteiger partial charge on any atom is 0.410 e. The summed E-state index contributed by atoms with van der Waals surface area (Å²) in [7, 11) is 1.58. The van der Waals surface area contributed by atoms with Gasteiger partial charge in [-0.15, -0.1) is 0 Å². The molecular weight excluding hydrogens is 335 g/mol. The average Bonchev–Trinajstić information content (AvgIpc) is 2.43. The first-order chi connectivity index (χ1) is 11.2. The highest BCUT2D eigenvalue weighted by molar-refractivity contribution is 6.30. The zero-order valence-corrected chi connectivity index (χ0v) is 15.5. The number of nitrogens with zero attached hydrogens (tertiary/aromatic N) is 1. The van der Waals surface area contributed by atoms with Crippen LogP contribution in [-0.2, 0) is 16.0 Å². The van der Waals surface area contributed by atoms with Crippen LogP contribution < -0.4 is 5.32 Å². The molecule has 0 aromatic heterocycles. The molecule has 0 spiro atoms. The van der Waals surface area contributed by atoms with Gasteiger partial charge in [-0.05, 0) is 44.5 Å². The Labute approximate surface area is 148 Å². The molecule has 5 nitrogen and oxygen atoms in total. The third-order valence-corrected chi connectivity index (χ3v) is 3.25. The maximum absolute atomic E-state index is 13.3. The van der Waals surface area contributed by atoms with Crippen molar-refractivity contribution in [3.8, 4) is 0 Å². The number of hydrogen-bond donors (Lipinski definition) is 1. The molecule has 0 saturated carbocycles. The van der Waals surface area contributed by atoms with Gasteiger partial charge in [0.2, 0.25) is 0 Å². The van der Waals surface area contributed by atoms with Gasteiger partial charge < -0.3 is 19.7 Å². The Morgan fingerprint density at radius 1 is 1.29 bits per heavy atom. The Balaban J connectivity index is 2.47. The van der Waals surface area contributed by atoms with Crippen molar-refractivity contribution in [1.82, 2.24) is 10.2 Å². The van der Waals surface area contributed by atoms with Crippen LogP contribution in [0.15, 0.2) is 18.2 Å². The Kier molecular flexibility index (Phi) is 8.45. The van der Waals surface area contributed by atoms with E-state index in [1.54, 1.807) is 18.1 Å². The van der Waals surface area contributed by atoms with Gasteiger partial charge in [0.25, 0.3) is 0 Å². The molecule has 0 aliphatic rings. The van der Waals surface area contributed by atoms with Crippen molar-refractivity contribution in [2.75, 3.05) is 33.4 Å². The van der Waals surface area contributed by atoms with Crippen LogP contribution in [-0.4, -0.2) is 49.9 Å². The van der Waals surface area contributed by atoms with Gasteiger partial charge in [0.15, 0.2) is 0 Å². The van der Waals surface area contributed by atoms with E-state index in [9.17, 15) is 9.18 Å². The molecule has 0 aliphatic carbocycles. The third kappa shape index (κ3) is 8.47. The van der Waals surface area contributed by atoms with E-state index < -0.39 is 5.60 Å². The van der Waals surface area contributed by atoms with Gasteiger partial charge in [-0.2, -0.15) is 0 Å². The lowest BCUT2D eigenvalue weighted by atomic mass is 10.2. The molecule has 0 saturated heterocycles. The fourth-order valence-corrected chi connectivity index (χ4v) is 2.23. The molecule has 0 atom stereocenters. The first kappa shape index (κ1) is 20.7. The van der Waals surface area contributed by atoms with Crippen LogP contribution in [0.2, 0.25) is 5.02 Å². The minimum atomic E-state index is -0.547. The van der Waals surface area contributed by atoms with Gasteiger partial charge >= 0.3 is 6.09 Å². The molecule has 1 N–H and O–H groups in total. The number of methoxy groups -OCH3 is 1. The van der Waals surface area contributed by atoms with Crippen LogP contribution in [0, 0.1) is 5.82 Å². The van der Waals surface area contributed by atoms with Gasteiger partial charge in [-0.3, -0.25) is 0 Å². The summed E-state index contributed by atoms with van der Waals surface area (Å²) in [6.45, 7) is 7.81. The Morgan fingerprint density at radius 2 is 2.00 bits per heavy atom. The van der Waals surface area contributed by atoms with Crippen LogP contribution in [0.5, 0.6) is 0 Å². The first-order valence-corrected chi connectivity index (χ1v) is 8.21. The van der Waals surface area contributed by atoms with Crippen molar-refractivity contribution in [3.63, 3.8) is 0 Å². The van der Waals surface area contributed by atoms with E-state index in [4.69, 9.17) is 21.1 Å². The van der Waals surface area contributed by atoms with Crippen LogP contribution in [0.4, 0.5) is 9.18 Å². The highest BCUT2D eigenvalue weighted by atomic mass is 35.5. The monoisotopic (exact) mass is 360 g/mol. The normalized spacial score (nSPS) is 11.4. The molecule has 0 bridgehead atoms. The van der Waals surface area contributed by atoms with E-state index in [0.29, 0.717) is 37.8 Å². The van der Waals surface area contributed by atoms with Crippen LogP contribution in [0.3, 0.4) is 0 Å². The van der Waals surface area contributed by atoms with Crippen molar-refractivity contribution < 1.29 is 18.7 Å². The quantitative estimate of drug-likeness (QED) is 0.721. The maximum atomic E-state index is 13.3.